The van der Waals surface area contributed by atoms with Gasteiger partial charge in [-0.05, 0) is 83.5 Å². The molecule has 0 fully saturated rings. The van der Waals surface area contributed by atoms with Crippen LogP contribution in [-0.2, 0) is 14.3 Å². The van der Waals surface area contributed by atoms with Crippen molar-refractivity contribution in [3.63, 3.8) is 0 Å². The summed E-state index contributed by atoms with van der Waals surface area (Å²) in [6.45, 7) is 4.92. The van der Waals surface area contributed by atoms with Crippen molar-refractivity contribution in [1.82, 2.24) is 5.32 Å². The normalized spacial score (nSPS) is 12.7. The molecule has 6 nitrogen and oxygen atoms in total. The Morgan fingerprint density at radius 2 is 0.618 bits per heavy atom. The van der Waals surface area contributed by atoms with Crippen LogP contribution in [0, 0.1) is 0 Å². The van der Waals surface area contributed by atoms with Crippen molar-refractivity contribution >= 4 is 11.9 Å². The lowest BCUT2D eigenvalue weighted by atomic mass is 10.0. The van der Waals surface area contributed by atoms with E-state index in [2.05, 4.69) is 43.5 Å². The number of rotatable bonds is 64. The first-order valence-electron chi connectivity index (χ1n) is 34.3. The van der Waals surface area contributed by atoms with E-state index in [-0.39, 0.29) is 18.5 Å². The highest BCUT2D eigenvalue weighted by Gasteiger charge is 2.18. The second-order valence-electron chi connectivity index (χ2n) is 23.5. The minimum atomic E-state index is -0.852. The second-order valence-corrected chi connectivity index (χ2v) is 23.5. The van der Waals surface area contributed by atoms with Crippen LogP contribution >= 0.6 is 0 Å². The third-order valence-corrected chi connectivity index (χ3v) is 15.9. The van der Waals surface area contributed by atoms with Crippen LogP contribution in [0.2, 0.25) is 0 Å². The Morgan fingerprint density at radius 1 is 0.355 bits per heavy atom. The Labute approximate surface area is 474 Å². The first-order chi connectivity index (χ1) is 37.5. The van der Waals surface area contributed by atoms with Crippen LogP contribution in [0.4, 0.5) is 0 Å². The van der Waals surface area contributed by atoms with E-state index >= 15 is 0 Å². The van der Waals surface area contributed by atoms with Crippen molar-refractivity contribution in [1.29, 1.82) is 0 Å². The van der Waals surface area contributed by atoms with E-state index in [4.69, 9.17) is 4.74 Å². The van der Waals surface area contributed by atoms with Crippen LogP contribution in [0.5, 0.6) is 0 Å². The summed E-state index contributed by atoms with van der Waals surface area (Å²) in [5.41, 5.74) is 0. The van der Waals surface area contributed by atoms with Crippen LogP contribution in [0.25, 0.3) is 0 Å². The zero-order valence-corrected chi connectivity index (χ0v) is 51.3. The summed E-state index contributed by atoms with van der Waals surface area (Å²) in [6.07, 6.45) is 83.4. The Bertz CT molecular complexity index is 1230. The topological polar surface area (TPSA) is 95.9 Å². The molecule has 3 N–H and O–H groups in total. The summed E-state index contributed by atoms with van der Waals surface area (Å²) in [6, 6.07) is -0.637. The van der Waals surface area contributed by atoms with Crippen molar-refractivity contribution in [2.75, 3.05) is 13.2 Å². The minimum absolute atomic E-state index is 0.000879. The number of carbonyl (C=O) groups excluding carboxylic acids is 2. The van der Waals surface area contributed by atoms with E-state index in [1.807, 2.05) is 6.08 Å². The molecule has 1 amide bonds. The van der Waals surface area contributed by atoms with Crippen molar-refractivity contribution in [3.8, 4) is 0 Å². The zero-order chi connectivity index (χ0) is 55.0. The average Bonchev–Trinajstić information content (AvgIpc) is 3.42. The number of aliphatic hydroxyl groups is 2. The maximum atomic E-state index is 12.5. The number of esters is 1. The van der Waals surface area contributed by atoms with Crippen molar-refractivity contribution in [2.45, 2.75) is 386 Å². The van der Waals surface area contributed by atoms with Crippen LogP contribution < -0.4 is 5.32 Å². The molecule has 0 spiro atoms. The average molecular weight is 1070 g/mol. The maximum absolute atomic E-state index is 12.5. The predicted octanol–water partition coefficient (Wildman–Crippen LogP) is 21.9. The van der Waals surface area contributed by atoms with Gasteiger partial charge in [0.2, 0.25) is 5.91 Å². The first-order valence-corrected chi connectivity index (χ1v) is 34.3. The summed E-state index contributed by atoms with van der Waals surface area (Å²) >= 11 is 0. The number of allylic oxidation sites excluding steroid dienone is 5. The van der Waals surface area contributed by atoms with Crippen LogP contribution in [0.3, 0.4) is 0 Å². The van der Waals surface area contributed by atoms with E-state index in [1.54, 1.807) is 6.08 Å². The number of hydrogen-bond acceptors (Lipinski definition) is 5. The molecule has 0 aliphatic rings. The molecular formula is C70H133NO5. The fourth-order valence-corrected chi connectivity index (χ4v) is 10.6. The molecule has 76 heavy (non-hydrogen) atoms. The number of amides is 1. The molecule has 2 atom stereocenters. The fraction of sp³-hybridized carbons (Fsp3) is 0.886. The van der Waals surface area contributed by atoms with Crippen LogP contribution in [-0.4, -0.2) is 47.4 Å². The molecule has 0 saturated heterocycles. The number of hydrogen-bond donors (Lipinski definition) is 3. The van der Waals surface area contributed by atoms with Crippen molar-refractivity contribution in [2.24, 2.45) is 0 Å². The van der Waals surface area contributed by atoms with Gasteiger partial charge in [-0.2, -0.15) is 0 Å². The summed E-state index contributed by atoms with van der Waals surface area (Å²) in [4.78, 5) is 24.6. The van der Waals surface area contributed by atoms with E-state index in [9.17, 15) is 19.8 Å². The van der Waals surface area contributed by atoms with E-state index in [0.29, 0.717) is 19.4 Å². The molecule has 0 aromatic heterocycles. The lowest BCUT2D eigenvalue weighted by Gasteiger charge is -2.20. The summed E-state index contributed by atoms with van der Waals surface area (Å²) in [7, 11) is 0. The molecule has 0 saturated carbocycles. The molecule has 2 unspecified atom stereocenters. The van der Waals surface area contributed by atoms with Gasteiger partial charge in [-0.3, -0.25) is 9.59 Å². The number of aliphatic hydroxyl groups excluding tert-OH is 2. The Hall–Kier alpha value is -1.92. The standard InChI is InChI=1S/C70H133NO5/c1-3-5-7-9-11-13-15-17-19-21-23-24-25-27-30-34-38-42-46-50-54-58-62-68(73)67(66-72)71-69(74)63-59-55-51-47-43-39-35-31-28-26-29-33-37-41-45-49-53-57-61-65-76-70(75)64-60-56-52-48-44-40-36-32-22-20-18-16-14-12-10-8-6-4-2/h20,22,26,28,58,62,67-68,72-73H,3-19,21,23-25,27,29-57,59-61,63-66H2,1-2H3,(H,71,74)/b22-20-,28-26-,62-58+. The lowest BCUT2D eigenvalue weighted by molar-refractivity contribution is -0.143. The van der Waals surface area contributed by atoms with Gasteiger partial charge in [0.05, 0.1) is 25.4 Å². The fourth-order valence-electron chi connectivity index (χ4n) is 10.6. The molecule has 0 rings (SSSR count). The molecule has 0 aromatic carbocycles. The van der Waals surface area contributed by atoms with Gasteiger partial charge in [-0.1, -0.05) is 314 Å². The molecule has 0 radical (unpaired) electrons. The van der Waals surface area contributed by atoms with Crippen molar-refractivity contribution in [3.05, 3.63) is 36.5 Å². The highest BCUT2D eigenvalue weighted by molar-refractivity contribution is 5.76. The van der Waals surface area contributed by atoms with E-state index < -0.39 is 12.1 Å². The van der Waals surface area contributed by atoms with Gasteiger partial charge in [0.25, 0.3) is 0 Å². The lowest BCUT2D eigenvalue weighted by Crippen LogP contribution is -2.45. The quantitative estimate of drug-likeness (QED) is 0.0320. The smallest absolute Gasteiger partial charge is 0.305 e. The minimum Gasteiger partial charge on any atom is -0.466 e. The molecule has 0 aromatic rings. The van der Waals surface area contributed by atoms with Crippen molar-refractivity contribution < 1.29 is 24.5 Å². The Morgan fingerprint density at radius 3 is 0.934 bits per heavy atom. The highest BCUT2D eigenvalue weighted by atomic mass is 16.5. The van der Waals surface area contributed by atoms with E-state index in [1.165, 1.54) is 295 Å². The first kappa shape index (κ1) is 74.1. The van der Waals surface area contributed by atoms with E-state index in [0.717, 1.165) is 51.4 Å². The predicted molar refractivity (Wildman–Crippen MR) is 333 cm³/mol. The Kier molecular flexibility index (Phi) is 63.9. The molecule has 6 heteroatoms. The molecular weight excluding hydrogens is 935 g/mol. The number of carbonyl (C=O) groups is 2. The van der Waals surface area contributed by atoms with Gasteiger partial charge >= 0.3 is 5.97 Å². The van der Waals surface area contributed by atoms with Gasteiger partial charge in [0.1, 0.15) is 0 Å². The number of nitrogens with one attached hydrogen (secondary N) is 1. The van der Waals surface area contributed by atoms with Gasteiger partial charge in [-0.15, -0.1) is 0 Å². The third-order valence-electron chi connectivity index (χ3n) is 15.9. The largest absolute Gasteiger partial charge is 0.466 e. The van der Waals surface area contributed by atoms with Crippen LogP contribution in [0.1, 0.15) is 373 Å². The number of ether oxygens (including phenoxy) is 1. The second kappa shape index (κ2) is 65.6. The molecule has 0 bridgehead atoms. The molecule has 0 heterocycles. The Balaban J connectivity index is 3.46. The molecule has 0 aliphatic heterocycles. The van der Waals surface area contributed by atoms with Crippen LogP contribution in [0.15, 0.2) is 36.5 Å². The monoisotopic (exact) mass is 1070 g/mol. The maximum Gasteiger partial charge on any atom is 0.305 e. The SMILES string of the molecule is CCCCCCCCC/C=C\CCCCCCCCCC(=O)OCCCCCCCCCC/C=C\CCCCCCCCCC(=O)NC(CO)C(O)/C=C/CCCCCCCCCCCCCCCCCCCCCC. The van der Waals surface area contributed by atoms with Gasteiger partial charge in [-0.25, -0.2) is 0 Å². The summed E-state index contributed by atoms with van der Waals surface area (Å²) < 4.78 is 5.49. The number of unbranched alkanes of at least 4 members (excludes halogenated alkanes) is 49. The third kappa shape index (κ3) is 61.3. The van der Waals surface area contributed by atoms with Gasteiger partial charge < -0.3 is 20.3 Å². The summed E-state index contributed by atoms with van der Waals surface area (Å²) in [5.74, 6) is -0.0736. The molecule has 0 aliphatic carbocycles. The van der Waals surface area contributed by atoms with Gasteiger partial charge in [0.15, 0.2) is 0 Å². The van der Waals surface area contributed by atoms with Gasteiger partial charge in [0, 0.05) is 12.8 Å². The zero-order valence-electron chi connectivity index (χ0n) is 51.3. The highest BCUT2D eigenvalue weighted by Crippen LogP contribution is 2.18. The summed E-state index contributed by atoms with van der Waals surface area (Å²) in [5, 5.41) is 23.2. The molecule has 448 valence electrons.